The van der Waals surface area contributed by atoms with Crippen LogP contribution in [-0.2, 0) is 4.74 Å². The van der Waals surface area contributed by atoms with Gasteiger partial charge in [-0.3, -0.25) is 9.48 Å². The van der Waals surface area contributed by atoms with Gasteiger partial charge in [0.15, 0.2) is 0 Å². The van der Waals surface area contributed by atoms with Crippen molar-refractivity contribution < 1.29 is 9.53 Å². The highest BCUT2D eigenvalue weighted by Gasteiger charge is 2.19. The Morgan fingerprint density at radius 2 is 2.25 bits per heavy atom. The molecule has 1 N–H and O–H groups in total. The first kappa shape index (κ1) is 13.1. The zero-order chi connectivity index (χ0) is 13.9. The number of amides is 1. The fourth-order valence-electron chi connectivity index (χ4n) is 2.86. The maximum atomic E-state index is 12.0. The number of rotatable bonds is 4. The van der Waals surface area contributed by atoms with Gasteiger partial charge in [-0.25, -0.2) is 0 Å². The zero-order valence-corrected chi connectivity index (χ0v) is 11.6. The molecular formula is C15H19N3O2. The second-order valence-electron chi connectivity index (χ2n) is 5.24. The molecule has 106 valence electrons. The fourth-order valence-corrected chi connectivity index (χ4v) is 2.86. The van der Waals surface area contributed by atoms with Crippen LogP contribution < -0.4 is 5.32 Å². The molecule has 0 atom stereocenters. The Bertz CT molecular complexity index is 615. The van der Waals surface area contributed by atoms with E-state index in [2.05, 4.69) is 15.1 Å². The van der Waals surface area contributed by atoms with Crippen molar-refractivity contribution >= 4 is 16.8 Å². The number of ether oxygens (including phenoxy) is 1. The maximum absolute atomic E-state index is 12.0. The third kappa shape index (κ3) is 2.41. The SMILES string of the molecule is COCNC(=O)c1ccc2cnn(C3CCCC3)c2c1. The average molecular weight is 273 g/mol. The van der Waals surface area contributed by atoms with Crippen molar-refractivity contribution in [3.8, 4) is 0 Å². The van der Waals surface area contributed by atoms with E-state index in [9.17, 15) is 4.79 Å². The molecule has 5 nitrogen and oxygen atoms in total. The molecule has 1 aromatic carbocycles. The Morgan fingerprint density at radius 3 is 3.00 bits per heavy atom. The summed E-state index contributed by atoms with van der Waals surface area (Å²) < 4.78 is 6.94. The van der Waals surface area contributed by atoms with Gasteiger partial charge in [-0.15, -0.1) is 0 Å². The quantitative estimate of drug-likeness (QED) is 0.871. The zero-order valence-electron chi connectivity index (χ0n) is 11.6. The van der Waals surface area contributed by atoms with E-state index in [4.69, 9.17) is 4.74 Å². The lowest BCUT2D eigenvalue weighted by molar-refractivity contribution is 0.0872. The molecular weight excluding hydrogens is 254 g/mol. The molecule has 0 spiro atoms. The van der Waals surface area contributed by atoms with Crippen molar-refractivity contribution in [1.29, 1.82) is 0 Å². The monoisotopic (exact) mass is 273 g/mol. The first-order chi connectivity index (χ1) is 9.79. The Balaban J connectivity index is 1.92. The Hall–Kier alpha value is -1.88. The number of carbonyl (C=O) groups is 1. The van der Waals surface area contributed by atoms with Crippen LogP contribution in [0.15, 0.2) is 24.4 Å². The van der Waals surface area contributed by atoms with Crippen molar-refractivity contribution in [1.82, 2.24) is 15.1 Å². The van der Waals surface area contributed by atoms with Crippen LogP contribution in [0, 0.1) is 0 Å². The van der Waals surface area contributed by atoms with E-state index in [-0.39, 0.29) is 12.6 Å². The first-order valence-electron chi connectivity index (χ1n) is 7.04. The number of carbonyl (C=O) groups excluding carboxylic acids is 1. The molecule has 1 aromatic heterocycles. The number of nitrogens with zero attached hydrogens (tertiary/aromatic N) is 2. The summed E-state index contributed by atoms with van der Waals surface area (Å²) in [4.78, 5) is 12.0. The second-order valence-corrected chi connectivity index (χ2v) is 5.24. The fraction of sp³-hybridized carbons (Fsp3) is 0.467. The standard InChI is InChI=1S/C15H19N3O2/c1-20-10-16-15(19)11-6-7-12-9-17-18(14(12)8-11)13-4-2-3-5-13/h6-9,13H,2-5,10H2,1H3,(H,16,19). The number of methoxy groups -OCH3 is 1. The van der Waals surface area contributed by atoms with E-state index >= 15 is 0 Å². The van der Waals surface area contributed by atoms with Gasteiger partial charge in [0.25, 0.3) is 5.91 Å². The van der Waals surface area contributed by atoms with Crippen LogP contribution in [0.5, 0.6) is 0 Å². The van der Waals surface area contributed by atoms with Gasteiger partial charge < -0.3 is 10.1 Å². The number of fused-ring (bicyclic) bond motifs is 1. The van der Waals surface area contributed by atoms with Crippen LogP contribution in [0.25, 0.3) is 10.9 Å². The van der Waals surface area contributed by atoms with Crippen LogP contribution in [0.1, 0.15) is 42.1 Å². The summed E-state index contributed by atoms with van der Waals surface area (Å²) in [6, 6.07) is 6.18. The van der Waals surface area contributed by atoms with Crippen LogP contribution in [0.4, 0.5) is 0 Å². The van der Waals surface area contributed by atoms with E-state index in [0.717, 1.165) is 10.9 Å². The first-order valence-corrected chi connectivity index (χ1v) is 7.04. The maximum Gasteiger partial charge on any atom is 0.253 e. The van der Waals surface area contributed by atoms with E-state index in [1.165, 1.54) is 25.7 Å². The van der Waals surface area contributed by atoms with E-state index in [1.54, 1.807) is 7.11 Å². The van der Waals surface area contributed by atoms with Gasteiger partial charge in [0.05, 0.1) is 17.8 Å². The molecule has 0 unspecified atom stereocenters. The molecule has 0 saturated heterocycles. The molecule has 0 aliphatic heterocycles. The summed E-state index contributed by atoms with van der Waals surface area (Å²) in [7, 11) is 1.55. The van der Waals surface area contributed by atoms with Gasteiger partial charge >= 0.3 is 0 Å². The van der Waals surface area contributed by atoms with Gasteiger partial charge in [0.2, 0.25) is 0 Å². The highest BCUT2D eigenvalue weighted by molar-refractivity contribution is 5.97. The lowest BCUT2D eigenvalue weighted by atomic mass is 10.1. The Kier molecular flexibility index (Phi) is 3.69. The number of hydrogen-bond acceptors (Lipinski definition) is 3. The van der Waals surface area contributed by atoms with Crippen molar-refractivity contribution in [2.45, 2.75) is 31.7 Å². The summed E-state index contributed by atoms with van der Waals surface area (Å²) in [5, 5.41) is 8.29. The van der Waals surface area contributed by atoms with Crippen molar-refractivity contribution in [2.24, 2.45) is 0 Å². The summed E-state index contributed by atoms with van der Waals surface area (Å²) in [6.45, 7) is 0.221. The average Bonchev–Trinajstić information content (AvgIpc) is 3.12. The van der Waals surface area contributed by atoms with Crippen LogP contribution in [-0.4, -0.2) is 29.5 Å². The predicted octanol–water partition coefficient (Wildman–Crippen LogP) is 2.49. The largest absolute Gasteiger partial charge is 0.364 e. The molecule has 1 fully saturated rings. The molecule has 5 heteroatoms. The Labute approximate surface area is 117 Å². The van der Waals surface area contributed by atoms with Gasteiger partial charge in [0, 0.05) is 18.1 Å². The highest BCUT2D eigenvalue weighted by Crippen LogP contribution is 2.31. The predicted molar refractivity (Wildman–Crippen MR) is 76.6 cm³/mol. The molecule has 1 aliphatic rings. The van der Waals surface area contributed by atoms with Crippen LogP contribution >= 0.6 is 0 Å². The normalized spacial score (nSPS) is 15.8. The van der Waals surface area contributed by atoms with Gasteiger partial charge in [-0.2, -0.15) is 5.10 Å². The lowest BCUT2D eigenvalue weighted by Crippen LogP contribution is -2.25. The van der Waals surface area contributed by atoms with Crippen molar-refractivity contribution in [2.75, 3.05) is 13.8 Å². The summed E-state index contributed by atoms with van der Waals surface area (Å²) >= 11 is 0. The van der Waals surface area contributed by atoms with Crippen LogP contribution in [0.3, 0.4) is 0 Å². The molecule has 1 saturated carbocycles. The molecule has 1 aliphatic carbocycles. The molecule has 0 radical (unpaired) electrons. The van der Waals surface area contributed by atoms with Crippen LogP contribution in [0.2, 0.25) is 0 Å². The van der Waals surface area contributed by atoms with Crippen molar-refractivity contribution in [3.05, 3.63) is 30.0 Å². The second kappa shape index (κ2) is 5.63. The molecule has 0 bridgehead atoms. The lowest BCUT2D eigenvalue weighted by Gasteiger charge is -2.12. The molecule has 1 heterocycles. The molecule has 3 rings (SSSR count). The van der Waals surface area contributed by atoms with E-state index < -0.39 is 0 Å². The van der Waals surface area contributed by atoms with Crippen molar-refractivity contribution in [3.63, 3.8) is 0 Å². The molecule has 2 aromatic rings. The summed E-state index contributed by atoms with van der Waals surface area (Å²) in [5.41, 5.74) is 1.69. The van der Waals surface area contributed by atoms with Gasteiger partial charge in [-0.05, 0) is 25.0 Å². The minimum Gasteiger partial charge on any atom is -0.364 e. The minimum atomic E-state index is -0.118. The number of aromatic nitrogens is 2. The third-order valence-corrected chi connectivity index (χ3v) is 3.91. The smallest absolute Gasteiger partial charge is 0.253 e. The third-order valence-electron chi connectivity index (χ3n) is 3.91. The topological polar surface area (TPSA) is 56.1 Å². The minimum absolute atomic E-state index is 0.118. The van der Waals surface area contributed by atoms with E-state index in [1.807, 2.05) is 24.4 Å². The Morgan fingerprint density at radius 1 is 1.45 bits per heavy atom. The highest BCUT2D eigenvalue weighted by atomic mass is 16.5. The van der Waals surface area contributed by atoms with E-state index in [0.29, 0.717) is 11.6 Å². The van der Waals surface area contributed by atoms with Gasteiger partial charge in [-0.1, -0.05) is 18.9 Å². The summed E-state index contributed by atoms with van der Waals surface area (Å²) in [6.07, 6.45) is 6.76. The molecule has 1 amide bonds. The number of hydrogen-bond donors (Lipinski definition) is 1. The summed E-state index contributed by atoms with van der Waals surface area (Å²) in [5.74, 6) is -0.118. The number of benzene rings is 1. The molecule has 20 heavy (non-hydrogen) atoms. The number of nitrogens with one attached hydrogen (secondary N) is 1. The van der Waals surface area contributed by atoms with Gasteiger partial charge in [0.1, 0.15) is 6.73 Å².